The van der Waals surface area contributed by atoms with E-state index in [4.69, 9.17) is 10.5 Å². The van der Waals surface area contributed by atoms with Crippen LogP contribution in [-0.4, -0.2) is 69.8 Å². The Morgan fingerprint density at radius 1 is 1.06 bits per heavy atom. The van der Waals surface area contributed by atoms with Crippen LogP contribution in [0.5, 0.6) is 0 Å². The Hall–Kier alpha value is -0.160. The summed E-state index contributed by atoms with van der Waals surface area (Å²) in [5.41, 5.74) is 6.09. The highest BCUT2D eigenvalue weighted by molar-refractivity contribution is 4.64. The fourth-order valence-electron chi connectivity index (χ4n) is 1.68. The van der Waals surface area contributed by atoms with E-state index in [0.717, 1.165) is 45.7 Å². The fraction of sp³-hybridized carbons (Fsp3) is 1.00. The van der Waals surface area contributed by atoms with Gasteiger partial charge in [0.25, 0.3) is 0 Å². The minimum atomic E-state index is 0.337. The van der Waals surface area contributed by atoms with Crippen LogP contribution in [0.25, 0.3) is 0 Å². The van der Waals surface area contributed by atoms with Gasteiger partial charge in [0.2, 0.25) is 0 Å². The number of likely N-dealkylation sites (N-methyl/N-ethyl adjacent to an activating group) is 1. The molecule has 0 aliphatic rings. The SMILES string of the molecule is CCOCCN(C)CCC(N)CCCN(C)C. The quantitative estimate of drug-likeness (QED) is 0.552. The average molecular weight is 245 g/mol. The van der Waals surface area contributed by atoms with E-state index in [2.05, 4.69) is 30.9 Å². The van der Waals surface area contributed by atoms with Gasteiger partial charge in [-0.25, -0.2) is 0 Å². The number of ether oxygens (including phenoxy) is 1. The molecule has 0 amide bonds. The van der Waals surface area contributed by atoms with E-state index >= 15 is 0 Å². The maximum absolute atomic E-state index is 6.09. The predicted molar refractivity (Wildman–Crippen MR) is 74.4 cm³/mol. The standard InChI is InChI=1S/C13H31N3O/c1-5-17-12-11-16(4)10-8-13(14)7-6-9-15(2)3/h13H,5-12,14H2,1-4H3. The minimum absolute atomic E-state index is 0.337. The Morgan fingerprint density at radius 2 is 1.76 bits per heavy atom. The van der Waals surface area contributed by atoms with Gasteiger partial charge in [0.05, 0.1) is 6.61 Å². The van der Waals surface area contributed by atoms with E-state index in [1.807, 2.05) is 6.92 Å². The molecular formula is C13H31N3O. The molecule has 0 spiro atoms. The second kappa shape index (κ2) is 11.0. The van der Waals surface area contributed by atoms with Crippen LogP contribution in [-0.2, 0) is 4.74 Å². The van der Waals surface area contributed by atoms with Crippen molar-refractivity contribution in [2.45, 2.75) is 32.2 Å². The average Bonchev–Trinajstić information content (AvgIpc) is 2.26. The summed E-state index contributed by atoms with van der Waals surface area (Å²) in [4.78, 5) is 4.50. The van der Waals surface area contributed by atoms with Crippen LogP contribution in [0.2, 0.25) is 0 Å². The topological polar surface area (TPSA) is 41.7 Å². The van der Waals surface area contributed by atoms with Gasteiger partial charge in [-0.2, -0.15) is 0 Å². The first-order valence-electron chi connectivity index (χ1n) is 6.72. The van der Waals surface area contributed by atoms with E-state index in [-0.39, 0.29) is 0 Å². The molecule has 0 aliphatic carbocycles. The summed E-state index contributed by atoms with van der Waals surface area (Å²) in [7, 11) is 6.34. The Balaban J connectivity index is 3.38. The highest BCUT2D eigenvalue weighted by Crippen LogP contribution is 2.01. The molecule has 0 saturated heterocycles. The van der Waals surface area contributed by atoms with Crippen molar-refractivity contribution in [3.05, 3.63) is 0 Å². The number of hydrogen-bond donors (Lipinski definition) is 1. The van der Waals surface area contributed by atoms with Gasteiger partial charge in [-0.05, 0) is 60.4 Å². The molecule has 0 radical (unpaired) electrons. The predicted octanol–water partition coefficient (Wildman–Crippen LogP) is 1.01. The van der Waals surface area contributed by atoms with Crippen LogP contribution in [0.4, 0.5) is 0 Å². The van der Waals surface area contributed by atoms with Gasteiger partial charge in [0.1, 0.15) is 0 Å². The molecule has 4 nitrogen and oxygen atoms in total. The zero-order chi connectivity index (χ0) is 13.1. The Bertz CT molecular complexity index is 165. The van der Waals surface area contributed by atoms with E-state index in [1.54, 1.807) is 0 Å². The lowest BCUT2D eigenvalue weighted by atomic mass is 10.1. The monoisotopic (exact) mass is 245 g/mol. The van der Waals surface area contributed by atoms with Crippen molar-refractivity contribution in [2.75, 3.05) is 54.0 Å². The number of rotatable bonds is 11. The normalized spacial score (nSPS) is 13.6. The highest BCUT2D eigenvalue weighted by atomic mass is 16.5. The Labute approximate surface area is 107 Å². The van der Waals surface area contributed by atoms with Gasteiger partial charge in [0, 0.05) is 19.2 Å². The zero-order valence-corrected chi connectivity index (χ0v) is 12.1. The molecule has 0 heterocycles. The van der Waals surface area contributed by atoms with Gasteiger partial charge in [0.15, 0.2) is 0 Å². The van der Waals surface area contributed by atoms with Crippen LogP contribution in [0.3, 0.4) is 0 Å². The Kier molecular flexibility index (Phi) is 10.9. The summed E-state index contributed by atoms with van der Waals surface area (Å²) in [5, 5.41) is 0. The van der Waals surface area contributed by atoms with Gasteiger partial charge in [-0.15, -0.1) is 0 Å². The minimum Gasteiger partial charge on any atom is -0.380 e. The first-order chi connectivity index (χ1) is 8.06. The molecule has 104 valence electrons. The van der Waals surface area contributed by atoms with Crippen molar-refractivity contribution in [3.8, 4) is 0 Å². The number of nitrogens with two attached hydrogens (primary N) is 1. The first kappa shape index (κ1) is 16.8. The van der Waals surface area contributed by atoms with Gasteiger partial charge < -0.3 is 20.3 Å². The van der Waals surface area contributed by atoms with Crippen molar-refractivity contribution < 1.29 is 4.74 Å². The van der Waals surface area contributed by atoms with Crippen LogP contribution >= 0.6 is 0 Å². The lowest BCUT2D eigenvalue weighted by molar-refractivity contribution is 0.121. The summed E-state index contributed by atoms with van der Waals surface area (Å²) in [5.74, 6) is 0. The lowest BCUT2D eigenvalue weighted by Gasteiger charge is -2.19. The molecule has 2 N–H and O–H groups in total. The van der Waals surface area contributed by atoms with Crippen molar-refractivity contribution in [3.63, 3.8) is 0 Å². The van der Waals surface area contributed by atoms with Gasteiger partial charge in [-0.1, -0.05) is 0 Å². The molecule has 0 rings (SSSR count). The summed E-state index contributed by atoms with van der Waals surface area (Å²) < 4.78 is 5.32. The van der Waals surface area contributed by atoms with Crippen molar-refractivity contribution in [1.82, 2.24) is 9.80 Å². The molecule has 0 saturated carbocycles. The molecule has 0 aliphatic heterocycles. The third-order valence-electron chi connectivity index (χ3n) is 2.88. The summed E-state index contributed by atoms with van der Waals surface area (Å²) in [6.45, 7) is 6.85. The summed E-state index contributed by atoms with van der Waals surface area (Å²) in [6.07, 6.45) is 3.39. The third-order valence-corrected chi connectivity index (χ3v) is 2.88. The van der Waals surface area contributed by atoms with E-state index in [9.17, 15) is 0 Å². The molecule has 4 heteroatoms. The molecule has 0 fully saturated rings. The number of hydrogen-bond acceptors (Lipinski definition) is 4. The molecule has 1 atom stereocenters. The molecular weight excluding hydrogens is 214 g/mol. The third kappa shape index (κ3) is 12.1. The summed E-state index contributed by atoms with van der Waals surface area (Å²) >= 11 is 0. The lowest BCUT2D eigenvalue weighted by Crippen LogP contribution is -2.30. The van der Waals surface area contributed by atoms with Crippen molar-refractivity contribution >= 4 is 0 Å². The van der Waals surface area contributed by atoms with E-state index in [1.165, 1.54) is 6.42 Å². The molecule has 1 unspecified atom stereocenters. The number of nitrogens with zero attached hydrogens (tertiary/aromatic N) is 2. The smallest absolute Gasteiger partial charge is 0.0593 e. The molecule has 0 aromatic rings. The zero-order valence-electron chi connectivity index (χ0n) is 12.1. The largest absolute Gasteiger partial charge is 0.380 e. The van der Waals surface area contributed by atoms with Crippen LogP contribution < -0.4 is 5.73 Å². The van der Waals surface area contributed by atoms with Crippen LogP contribution in [0.1, 0.15) is 26.2 Å². The summed E-state index contributed by atoms with van der Waals surface area (Å²) in [6, 6.07) is 0.337. The molecule has 0 aromatic heterocycles. The highest BCUT2D eigenvalue weighted by Gasteiger charge is 2.05. The van der Waals surface area contributed by atoms with Gasteiger partial charge in [-0.3, -0.25) is 0 Å². The second-order valence-corrected chi connectivity index (χ2v) is 4.99. The van der Waals surface area contributed by atoms with Crippen molar-refractivity contribution in [1.29, 1.82) is 0 Å². The van der Waals surface area contributed by atoms with E-state index in [0.29, 0.717) is 6.04 Å². The fourth-order valence-corrected chi connectivity index (χ4v) is 1.68. The Morgan fingerprint density at radius 3 is 2.35 bits per heavy atom. The first-order valence-corrected chi connectivity index (χ1v) is 6.72. The molecule has 0 bridgehead atoms. The van der Waals surface area contributed by atoms with Crippen LogP contribution in [0.15, 0.2) is 0 Å². The van der Waals surface area contributed by atoms with E-state index < -0.39 is 0 Å². The second-order valence-electron chi connectivity index (χ2n) is 4.99. The molecule has 0 aromatic carbocycles. The maximum atomic E-state index is 6.09. The van der Waals surface area contributed by atoms with Gasteiger partial charge >= 0.3 is 0 Å². The van der Waals surface area contributed by atoms with Crippen molar-refractivity contribution in [2.24, 2.45) is 5.73 Å². The molecule has 17 heavy (non-hydrogen) atoms. The van der Waals surface area contributed by atoms with Crippen LogP contribution in [0, 0.1) is 0 Å². The maximum Gasteiger partial charge on any atom is 0.0593 e.